The summed E-state index contributed by atoms with van der Waals surface area (Å²) in [7, 11) is 0. The van der Waals surface area contributed by atoms with Crippen LogP contribution >= 0.6 is 28.1 Å². The summed E-state index contributed by atoms with van der Waals surface area (Å²) >= 11 is 8.36. The van der Waals surface area contributed by atoms with Crippen LogP contribution in [0.25, 0.3) is 0 Å². The lowest BCUT2D eigenvalue weighted by atomic mass is 10.2. The van der Waals surface area contributed by atoms with E-state index in [1.165, 1.54) is 12.4 Å². The molecule has 26 heavy (non-hydrogen) atoms. The largest absolute Gasteiger partial charge is 0.483 e. The number of aryl methyl sites for hydroxylation is 1. The van der Waals surface area contributed by atoms with Gasteiger partial charge in [0.15, 0.2) is 11.7 Å². The summed E-state index contributed by atoms with van der Waals surface area (Å²) in [4.78, 5) is 27.5. The van der Waals surface area contributed by atoms with Crippen LogP contribution in [0.5, 0.6) is 5.75 Å². The molecule has 0 aliphatic carbocycles. The van der Waals surface area contributed by atoms with E-state index in [9.17, 15) is 9.59 Å². The molecule has 0 saturated carbocycles. The molecular weight excluding hydrogens is 420 g/mol. The predicted octanol–water partition coefficient (Wildman–Crippen LogP) is 2.12. The van der Waals surface area contributed by atoms with E-state index in [-0.39, 0.29) is 11.7 Å². The number of benzene rings is 1. The van der Waals surface area contributed by atoms with Gasteiger partial charge in [0.25, 0.3) is 11.8 Å². The first-order chi connectivity index (χ1) is 12.5. The van der Waals surface area contributed by atoms with Crippen LogP contribution in [0.3, 0.4) is 0 Å². The van der Waals surface area contributed by atoms with Gasteiger partial charge < -0.3 is 4.74 Å². The molecule has 0 spiro atoms. The molecule has 2 amide bonds. The molecule has 3 N–H and O–H groups in total. The average Bonchev–Trinajstić information content (AvgIpc) is 2.65. The molecule has 0 aliphatic heterocycles. The number of thiocarbonyl (C=S) groups is 1. The van der Waals surface area contributed by atoms with Crippen molar-refractivity contribution < 1.29 is 14.3 Å². The Kier molecular flexibility index (Phi) is 7.49. The van der Waals surface area contributed by atoms with E-state index in [2.05, 4.69) is 44.0 Å². The number of hydrogen-bond acceptors (Lipinski definition) is 5. The summed E-state index contributed by atoms with van der Waals surface area (Å²) in [5.41, 5.74) is 6.39. The second-order valence-corrected chi connectivity index (χ2v) is 6.36. The minimum atomic E-state index is -0.452. The van der Waals surface area contributed by atoms with E-state index >= 15 is 0 Å². The molecule has 1 aromatic heterocycles. The Morgan fingerprint density at radius 1 is 1.19 bits per heavy atom. The molecule has 136 valence electrons. The summed E-state index contributed by atoms with van der Waals surface area (Å²) in [5, 5.41) is 2.37. The molecule has 0 aliphatic rings. The zero-order valence-corrected chi connectivity index (χ0v) is 16.3. The highest BCUT2D eigenvalue weighted by atomic mass is 79.9. The smallest absolute Gasteiger partial charge is 0.269 e. The third kappa shape index (κ3) is 6.08. The van der Waals surface area contributed by atoms with Gasteiger partial charge in [-0.3, -0.25) is 30.7 Å². The number of carbonyl (C=O) groups excluding carboxylic acids is 2. The van der Waals surface area contributed by atoms with Gasteiger partial charge in [0.2, 0.25) is 0 Å². The molecule has 0 bridgehead atoms. The fraction of sp³-hybridized carbons (Fsp3) is 0.176. The van der Waals surface area contributed by atoms with Crippen molar-refractivity contribution in [3.05, 3.63) is 58.3 Å². The SMILES string of the molecule is CCc1ccc(OCC(=O)NC(=S)NNC(=O)c2ccncc2)c(Br)c1. The van der Waals surface area contributed by atoms with Gasteiger partial charge in [0.1, 0.15) is 5.75 Å². The summed E-state index contributed by atoms with van der Waals surface area (Å²) in [5.74, 6) is -0.297. The van der Waals surface area contributed by atoms with Gasteiger partial charge in [0, 0.05) is 18.0 Å². The third-order valence-electron chi connectivity index (χ3n) is 3.25. The number of ether oxygens (including phenoxy) is 1. The molecule has 1 aromatic carbocycles. The molecule has 0 fully saturated rings. The Morgan fingerprint density at radius 3 is 2.58 bits per heavy atom. The molecule has 0 unspecified atom stereocenters. The van der Waals surface area contributed by atoms with Crippen LogP contribution in [0, 0.1) is 0 Å². The van der Waals surface area contributed by atoms with E-state index in [0.717, 1.165) is 16.5 Å². The normalized spacial score (nSPS) is 9.92. The molecule has 1 heterocycles. The van der Waals surface area contributed by atoms with E-state index in [1.807, 2.05) is 12.1 Å². The van der Waals surface area contributed by atoms with Gasteiger partial charge in [-0.15, -0.1) is 0 Å². The number of nitrogens with zero attached hydrogens (tertiary/aromatic N) is 1. The highest BCUT2D eigenvalue weighted by molar-refractivity contribution is 9.10. The fourth-order valence-electron chi connectivity index (χ4n) is 1.91. The standard InChI is InChI=1S/C17H17BrN4O3S/c1-2-11-3-4-14(13(18)9-11)25-10-15(23)20-17(26)22-21-16(24)12-5-7-19-8-6-12/h3-9H,2,10H2,1H3,(H,21,24)(H2,20,22,23,26). The molecule has 0 atom stereocenters. The number of rotatable bonds is 5. The zero-order valence-electron chi connectivity index (χ0n) is 13.9. The van der Waals surface area contributed by atoms with Gasteiger partial charge in [-0.1, -0.05) is 13.0 Å². The van der Waals surface area contributed by atoms with Gasteiger partial charge in [-0.2, -0.15) is 0 Å². The van der Waals surface area contributed by atoms with Gasteiger partial charge in [-0.05, 0) is 64.4 Å². The third-order valence-corrected chi connectivity index (χ3v) is 4.07. The molecule has 9 heteroatoms. The highest BCUT2D eigenvalue weighted by Crippen LogP contribution is 2.26. The van der Waals surface area contributed by atoms with Crippen LogP contribution in [-0.4, -0.2) is 28.5 Å². The van der Waals surface area contributed by atoms with E-state index < -0.39 is 11.8 Å². The maximum atomic E-state index is 11.9. The Bertz CT molecular complexity index is 802. The lowest BCUT2D eigenvalue weighted by molar-refractivity contribution is -0.121. The summed E-state index contributed by atoms with van der Waals surface area (Å²) in [6, 6.07) is 8.76. The number of pyridine rings is 1. The van der Waals surface area contributed by atoms with Crippen molar-refractivity contribution in [2.45, 2.75) is 13.3 Å². The number of nitrogens with one attached hydrogen (secondary N) is 3. The summed E-state index contributed by atoms with van der Waals surface area (Å²) < 4.78 is 6.23. The molecule has 2 rings (SSSR count). The topological polar surface area (TPSA) is 92.4 Å². The van der Waals surface area contributed by atoms with Gasteiger partial charge in [-0.25, -0.2) is 0 Å². The number of halogens is 1. The minimum absolute atomic E-state index is 0.0404. The number of hydrazine groups is 1. The summed E-state index contributed by atoms with van der Waals surface area (Å²) in [6.07, 6.45) is 3.90. The van der Waals surface area contributed by atoms with Crippen molar-refractivity contribution in [2.75, 3.05) is 6.61 Å². The van der Waals surface area contributed by atoms with Crippen molar-refractivity contribution in [1.82, 2.24) is 21.2 Å². The molecule has 2 aromatic rings. The predicted molar refractivity (Wildman–Crippen MR) is 105 cm³/mol. The minimum Gasteiger partial charge on any atom is -0.483 e. The van der Waals surface area contributed by atoms with Crippen LogP contribution < -0.4 is 20.9 Å². The maximum Gasteiger partial charge on any atom is 0.269 e. The van der Waals surface area contributed by atoms with Crippen LogP contribution in [0.15, 0.2) is 47.2 Å². The number of carbonyl (C=O) groups is 2. The van der Waals surface area contributed by atoms with Crippen LogP contribution in [-0.2, 0) is 11.2 Å². The Labute approximate surface area is 164 Å². The van der Waals surface area contributed by atoms with Crippen molar-refractivity contribution in [1.29, 1.82) is 0 Å². The number of hydrogen-bond donors (Lipinski definition) is 3. The first-order valence-electron chi connectivity index (χ1n) is 7.71. The maximum absolute atomic E-state index is 11.9. The molecule has 7 nitrogen and oxygen atoms in total. The van der Waals surface area contributed by atoms with Crippen molar-refractivity contribution >= 4 is 45.1 Å². The first-order valence-corrected chi connectivity index (χ1v) is 8.91. The lowest BCUT2D eigenvalue weighted by Crippen LogP contribution is -2.49. The molecular formula is C17H17BrN4O3S. The number of aromatic nitrogens is 1. The Balaban J connectivity index is 1.75. The number of amides is 2. The fourth-order valence-corrected chi connectivity index (χ4v) is 2.61. The molecule has 0 saturated heterocycles. The second kappa shape index (κ2) is 9.83. The quantitative estimate of drug-likeness (QED) is 0.491. The molecule has 0 radical (unpaired) electrons. The van der Waals surface area contributed by atoms with Crippen LogP contribution in [0.1, 0.15) is 22.8 Å². The van der Waals surface area contributed by atoms with E-state index in [0.29, 0.717) is 11.3 Å². The van der Waals surface area contributed by atoms with Crippen molar-refractivity contribution in [3.63, 3.8) is 0 Å². The Hall–Kier alpha value is -2.52. The van der Waals surface area contributed by atoms with Crippen molar-refractivity contribution in [3.8, 4) is 5.75 Å². The van der Waals surface area contributed by atoms with Crippen LogP contribution in [0.2, 0.25) is 0 Å². The van der Waals surface area contributed by atoms with E-state index in [1.54, 1.807) is 18.2 Å². The lowest BCUT2D eigenvalue weighted by Gasteiger charge is -2.12. The summed E-state index contributed by atoms with van der Waals surface area (Å²) in [6.45, 7) is 1.83. The van der Waals surface area contributed by atoms with Crippen LogP contribution in [0.4, 0.5) is 0 Å². The monoisotopic (exact) mass is 436 g/mol. The van der Waals surface area contributed by atoms with Gasteiger partial charge in [0.05, 0.1) is 4.47 Å². The second-order valence-electron chi connectivity index (χ2n) is 5.10. The first kappa shape index (κ1) is 19.8. The van der Waals surface area contributed by atoms with E-state index in [4.69, 9.17) is 17.0 Å². The highest BCUT2D eigenvalue weighted by Gasteiger charge is 2.09. The Morgan fingerprint density at radius 2 is 1.92 bits per heavy atom. The van der Waals surface area contributed by atoms with Crippen molar-refractivity contribution in [2.24, 2.45) is 0 Å². The average molecular weight is 437 g/mol. The zero-order chi connectivity index (χ0) is 18.9. The van der Waals surface area contributed by atoms with Gasteiger partial charge >= 0.3 is 0 Å².